The lowest BCUT2D eigenvalue weighted by Gasteiger charge is -2.35. The van der Waals surface area contributed by atoms with Gasteiger partial charge >= 0.3 is 6.09 Å². The van der Waals surface area contributed by atoms with E-state index < -0.39 is 5.60 Å². The molecule has 9 heteroatoms. The Morgan fingerprint density at radius 3 is 2.18 bits per heavy atom. The molecule has 2 aromatic rings. The molecule has 1 aliphatic heterocycles. The summed E-state index contributed by atoms with van der Waals surface area (Å²) in [6.45, 7) is 7.41. The Kier molecular flexibility index (Phi) is 8.09. The van der Waals surface area contributed by atoms with Crippen LogP contribution in [0.15, 0.2) is 48.5 Å². The van der Waals surface area contributed by atoms with Crippen molar-refractivity contribution in [3.8, 4) is 0 Å². The number of piperazine rings is 1. The molecule has 1 aliphatic rings. The Hall–Kier alpha value is -3.62. The number of hydrogen-bond donors (Lipinski definition) is 2. The zero-order chi connectivity index (χ0) is 24.7. The second-order valence-corrected chi connectivity index (χ2v) is 9.05. The third kappa shape index (κ3) is 7.19. The molecule has 0 saturated carbocycles. The number of amides is 3. The maximum absolute atomic E-state index is 13.7. The van der Waals surface area contributed by atoms with E-state index in [0.717, 1.165) is 0 Å². The second kappa shape index (κ2) is 11.0. The van der Waals surface area contributed by atoms with Gasteiger partial charge in [0.15, 0.2) is 0 Å². The zero-order valence-corrected chi connectivity index (χ0v) is 19.8. The van der Waals surface area contributed by atoms with Crippen molar-refractivity contribution >= 4 is 23.6 Å². The number of hydrogen-bond acceptors (Lipinski definition) is 5. The summed E-state index contributed by atoms with van der Waals surface area (Å²) in [7, 11) is 0. The summed E-state index contributed by atoms with van der Waals surface area (Å²) in [5.74, 6) is -0.748. The first-order valence-electron chi connectivity index (χ1n) is 11.2. The number of carbonyl (C=O) groups excluding carboxylic acids is 3. The lowest BCUT2D eigenvalue weighted by molar-refractivity contribution is -0.131. The van der Waals surface area contributed by atoms with E-state index in [-0.39, 0.29) is 36.8 Å². The molecule has 0 spiro atoms. The molecule has 1 saturated heterocycles. The number of anilines is 1. The summed E-state index contributed by atoms with van der Waals surface area (Å²) in [6, 6.07) is 13.0. The molecule has 0 bridgehead atoms. The van der Waals surface area contributed by atoms with Crippen molar-refractivity contribution in [3.63, 3.8) is 0 Å². The Labute approximate surface area is 199 Å². The van der Waals surface area contributed by atoms with Crippen LogP contribution in [0.5, 0.6) is 0 Å². The van der Waals surface area contributed by atoms with Crippen molar-refractivity contribution in [2.45, 2.75) is 32.9 Å². The minimum absolute atomic E-state index is 0.0736. The molecule has 3 amide bonds. The van der Waals surface area contributed by atoms with E-state index in [0.29, 0.717) is 43.0 Å². The van der Waals surface area contributed by atoms with E-state index in [2.05, 4.69) is 10.6 Å². The largest absolute Gasteiger partial charge is 0.444 e. The van der Waals surface area contributed by atoms with Crippen LogP contribution in [-0.2, 0) is 16.1 Å². The standard InChI is InChI=1S/C25H31FN4O4/c1-25(2,3)34-24(33)30-14-12-29(13-15-30)22(31)17-27-20-10-8-18(9-11-20)23(32)28-16-19-6-4-5-7-21(19)26/h4-11,27H,12-17H2,1-3H3,(H,28,32). The van der Waals surface area contributed by atoms with Gasteiger partial charge in [0.2, 0.25) is 5.91 Å². The van der Waals surface area contributed by atoms with E-state index >= 15 is 0 Å². The van der Waals surface area contributed by atoms with Crippen LogP contribution in [-0.4, -0.2) is 66.0 Å². The van der Waals surface area contributed by atoms with Gasteiger partial charge < -0.3 is 25.2 Å². The maximum atomic E-state index is 13.7. The zero-order valence-electron chi connectivity index (χ0n) is 19.8. The molecule has 34 heavy (non-hydrogen) atoms. The molecule has 2 aromatic carbocycles. The van der Waals surface area contributed by atoms with Crippen LogP contribution >= 0.6 is 0 Å². The first kappa shape index (κ1) is 25.0. The first-order chi connectivity index (χ1) is 16.1. The van der Waals surface area contributed by atoms with Crippen LogP contribution in [0.3, 0.4) is 0 Å². The molecule has 0 aliphatic carbocycles. The smallest absolute Gasteiger partial charge is 0.410 e. The van der Waals surface area contributed by atoms with Crippen molar-refractivity contribution in [1.82, 2.24) is 15.1 Å². The summed E-state index contributed by atoms with van der Waals surface area (Å²) in [4.78, 5) is 40.3. The van der Waals surface area contributed by atoms with Crippen LogP contribution in [0.25, 0.3) is 0 Å². The third-order valence-electron chi connectivity index (χ3n) is 5.27. The van der Waals surface area contributed by atoms with Crippen molar-refractivity contribution < 1.29 is 23.5 Å². The third-order valence-corrected chi connectivity index (χ3v) is 5.27. The van der Waals surface area contributed by atoms with Gasteiger partial charge in [-0.2, -0.15) is 0 Å². The number of benzene rings is 2. The van der Waals surface area contributed by atoms with E-state index in [1.165, 1.54) is 6.07 Å². The monoisotopic (exact) mass is 470 g/mol. The molecule has 1 heterocycles. The fourth-order valence-electron chi connectivity index (χ4n) is 3.41. The highest BCUT2D eigenvalue weighted by Gasteiger charge is 2.27. The number of carbonyl (C=O) groups is 3. The minimum atomic E-state index is -0.552. The molecule has 0 atom stereocenters. The maximum Gasteiger partial charge on any atom is 0.410 e. The van der Waals surface area contributed by atoms with Crippen LogP contribution in [0.4, 0.5) is 14.9 Å². The summed E-state index contributed by atoms with van der Waals surface area (Å²) < 4.78 is 19.1. The van der Waals surface area contributed by atoms with Gasteiger partial charge in [-0.1, -0.05) is 18.2 Å². The Balaban J connectivity index is 1.42. The van der Waals surface area contributed by atoms with Gasteiger partial charge in [0.25, 0.3) is 5.91 Å². The molecular formula is C25H31FN4O4. The van der Waals surface area contributed by atoms with E-state index in [9.17, 15) is 18.8 Å². The Morgan fingerprint density at radius 2 is 1.56 bits per heavy atom. The van der Waals surface area contributed by atoms with Crippen molar-refractivity contribution in [3.05, 3.63) is 65.5 Å². The molecular weight excluding hydrogens is 439 g/mol. The van der Waals surface area contributed by atoms with Gasteiger partial charge in [-0.25, -0.2) is 9.18 Å². The van der Waals surface area contributed by atoms with Gasteiger partial charge in [0.05, 0.1) is 6.54 Å². The van der Waals surface area contributed by atoms with Gasteiger partial charge in [0, 0.05) is 49.5 Å². The van der Waals surface area contributed by atoms with Crippen LogP contribution < -0.4 is 10.6 Å². The predicted molar refractivity (Wildman–Crippen MR) is 127 cm³/mol. The van der Waals surface area contributed by atoms with Gasteiger partial charge in [-0.15, -0.1) is 0 Å². The lowest BCUT2D eigenvalue weighted by atomic mass is 10.1. The van der Waals surface area contributed by atoms with Crippen molar-refractivity contribution in [1.29, 1.82) is 0 Å². The van der Waals surface area contributed by atoms with Gasteiger partial charge in [-0.3, -0.25) is 9.59 Å². The molecule has 0 radical (unpaired) electrons. The molecule has 0 aromatic heterocycles. The summed E-state index contributed by atoms with van der Waals surface area (Å²) in [5, 5.41) is 5.76. The van der Waals surface area contributed by atoms with Crippen LogP contribution in [0, 0.1) is 5.82 Å². The Morgan fingerprint density at radius 1 is 0.941 bits per heavy atom. The number of nitrogens with one attached hydrogen (secondary N) is 2. The number of nitrogens with zero attached hydrogens (tertiary/aromatic N) is 2. The Bertz CT molecular complexity index is 1010. The quantitative estimate of drug-likeness (QED) is 0.677. The van der Waals surface area contributed by atoms with E-state index in [1.807, 2.05) is 20.8 Å². The average Bonchev–Trinajstić information content (AvgIpc) is 2.81. The SMILES string of the molecule is CC(C)(C)OC(=O)N1CCN(C(=O)CNc2ccc(C(=O)NCc3ccccc3F)cc2)CC1. The first-order valence-corrected chi connectivity index (χ1v) is 11.2. The fourth-order valence-corrected chi connectivity index (χ4v) is 3.41. The molecule has 1 fully saturated rings. The molecule has 182 valence electrons. The van der Waals surface area contributed by atoms with E-state index in [1.54, 1.807) is 52.3 Å². The number of halogens is 1. The number of ether oxygens (including phenoxy) is 1. The van der Waals surface area contributed by atoms with E-state index in [4.69, 9.17) is 4.74 Å². The highest BCUT2D eigenvalue weighted by atomic mass is 19.1. The molecule has 8 nitrogen and oxygen atoms in total. The normalized spacial score (nSPS) is 13.9. The lowest BCUT2D eigenvalue weighted by Crippen LogP contribution is -2.52. The topological polar surface area (TPSA) is 91.0 Å². The van der Waals surface area contributed by atoms with Crippen LogP contribution in [0.2, 0.25) is 0 Å². The van der Waals surface area contributed by atoms with Crippen molar-refractivity contribution in [2.24, 2.45) is 0 Å². The molecule has 0 unspecified atom stereocenters. The molecule has 3 rings (SSSR count). The highest BCUT2D eigenvalue weighted by Crippen LogP contribution is 2.13. The number of rotatable bonds is 6. The summed E-state index contributed by atoms with van der Waals surface area (Å²) in [6.07, 6.45) is -0.365. The minimum Gasteiger partial charge on any atom is -0.444 e. The van der Waals surface area contributed by atoms with Crippen molar-refractivity contribution in [2.75, 3.05) is 38.0 Å². The average molecular weight is 471 g/mol. The second-order valence-electron chi connectivity index (χ2n) is 9.05. The predicted octanol–water partition coefficient (Wildman–Crippen LogP) is 3.25. The molecule has 2 N–H and O–H groups in total. The van der Waals surface area contributed by atoms with Gasteiger partial charge in [-0.05, 0) is 51.1 Å². The highest BCUT2D eigenvalue weighted by molar-refractivity contribution is 5.94. The van der Waals surface area contributed by atoms with Gasteiger partial charge in [0.1, 0.15) is 11.4 Å². The van der Waals surface area contributed by atoms with Crippen LogP contribution in [0.1, 0.15) is 36.7 Å². The summed E-state index contributed by atoms with van der Waals surface area (Å²) >= 11 is 0. The summed E-state index contributed by atoms with van der Waals surface area (Å²) in [5.41, 5.74) is 1.00. The fraction of sp³-hybridized carbons (Fsp3) is 0.400.